The third-order valence-corrected chi connectivity index (χ3v) is 3.19. The van der Waals surface area contributed by atoms with Crippen LogP contribution in [0.25, 0.3) is 0 Å². The largest absolute Gasteiger partial charge is 0.480 e. The zero-order valence-corrected chi connectivity index (χ0v) is 9.18. The fourth-order valence-corrected chi connectivity index (χ4v) is 2.41. The summed E-state index contributed by atoms with van der Waals surface area (Å²) in [6.07, 6.45) is -2.36. The zero-order chi connectivity index (χ0) is 12.4. The summed E-state index contributed by atoms with van der Waals surface area (Å²) in [4.78, 5) is 12.2. The first-order valence-corrected chi connectivity index (χ1v) is 5.37. The van der Waals surface area contributed by atoms with Gasteiger partial charge in [0, 0.05) is 0 Å². The highest BCUT2D eigenvalue weighted by molar-refractivity contribution is 5.79. The van der Waals surface area contributed by atoms with E-state index in [-0.39, 0.29) is 6.54 Å². The second-order valence-electron chi connectivity index (χ2n) is 4.17. The number of alkyl halides is 3. The Labute approximate surface area is 92.2 Å². The van der Waals surface area contributed by atoms with Gasteiger partial charge in [0.05, 0.1) is 6.54 Å². The van der Waals surface area contributed by atoms with E-state index < -0.39 is 24.2 Å². The standard InChI is InChI=1S/C10H16F3NO2/c1-2-14(7-10(11,12)13)9(8(15)16)5-3-4-6-9/h2-7H2,1H3,(H,15,16). The van der Waals surface area contributed by atoms with Gasteiger partial charge in [-0.05, 0) is 19.4 Å². The van der Waals surface area contributed by atoms with Crippen LogP contribution in [0.4, 0.5) is 13.2 Å². The molecule has 0 bridgehead atoms. The quantitative estimate of drug-likeness (QED) is 0.818. The lowest BCUT2D eigenvalue weighted by Gasteiger charge is -2.37. The van der Waals surface area contributed by atoms with Crippen LogP contribution in [0.5, 0.6) is 0 Å². The molecule has 0 aromatic rings. The van der Waals surface area contributed by atoms with E-state index in [4.69, 9.17) is 5.11 Å². The maximum absolute atomic E-state index is 12.3. The Bertz CT molecular complexity index is 259. The third-order valence-electron chi connectivity index (χ3n) is 3.19. The zero-order valence-electron chi connectivity index (χ0n) is 9.18. The Hall–Kier alpha value is -0.780. The number of halogens is 3. The van der Waals surface area contributed by atoms with Crippen molar-refractivity contribution in [3.63, 3.8) is 0 Å². The van der Waals surface area contributed by atoms with Gasteiger partial charge >= 0.3 is 12.1 Å². The summed E-state index contributed by atoms with van der Waals surface area (Å²) < 4.78 is 37.0. The van der Waals surface area contributed by atoms with Crippen molar-refractivity contribution in [3.8, 4) is 0 Å². The number of likely N-dealkylation sites (N-methyl/N-ethyl adjacent to an activating group) is 1. The van der Waals surface area contributed by atoms with Gasteiger partial charge in [0.15, 0.2) is 0 Å². The van der Waals surface area contributed by atoms with Crippen LogP contribution in [0.2, 0.25) is 0 Å². The van der Waals surface area contributed by atoms with E-state index in [0.717, 1.165) is 4.90 Å². The van der Waals surface area contributed by atoms with Gasteiger partial charge in [-0.3, -0.25) is 9.69 Å². The minimum absolute atomic E-state index is 0.103. The number of aliphatic carboxylic acids is 1. The van der Waals surface area contributed by atoms with Crippen LogP contribution < -0.4 is 0 Å². The molecule has 1 N–H and O–H groups in total. The van der Waals surface area contributed by atoms with Gasteiger partial charge in [-0.25, -0.2) is 0 Å². The molecule has 1 rings (SSSR count). The Morgan fingerprint density at radius 2 is 1.88 bits per heavy atom. The molecule has 0 aromatic carbocycles. The molecule has 3 nitrogen and oxygen atoms in total. The molecule has 0 atom stereocenters. The van der Waals surface area contributed by atoms with Gasteiger partial charge in [-0.1, -0.05) is 19.8 Å². The van der Waals surface area contributed by atoms with Crippen LogP contribution in [-0.2, 0) is 4.79 Å². The monoisotopic (exact) mass is 239 g/mol. The van der Waals surface area contributed by atoms with Crippen molar-refractivity contribution in [1.29, 1.82) is 0 Å². The van der Waals surface area contributed by atoms with Crippen molar-refractivity contribution >= 4 is 5.97 Å². The number of carboxylic acid groups (broad SMARTS) is 1. The highest BCUT2D eigenvalue weighted by Crippen LogP contribution is 2.37. The van der Waals surface area contributed by atoms with E-state index in [1.165, 1.54) is 0 Å². The van der Waals surface area contributed by atoms with Gasteiger partial charge in [0.2, 0.25) is 0 Å². The Kier molecular flexibility index (Phi) is 3.83. The fourth-order valence-electron chi connectivity index (χ4n) is 2.41. The van der Waals surface area contributed by atoms with Gasteiger partial charge in [-0.15, -0.1) is 0 Å². The molecular weight excluding hydrogens is 223 g/mol. The summed E-state index contributed by atoms with van der Waals surface area (Å²) in [5, 5.41) is 9.15. The van der Waals surface area contributed by atoms with Crippen molar-refractivity contribution in [2.24, 2.45) is 0 Å². The first kappa shape index (κ1) is 13.3. The average molecular weight is 239 g/mol. The lowest BCUT2D eigenvalue weighted by molar-refractivity contribution is -0.173. The van der Waals surface area contributed by atoms with Gasteiger partial charge in [0.1, 0.15) is 5.54 Å². The molecule has 1 saturated carbocycles. The van der Waals surface area contributed by atoms with Crippen molar-refractivity contribution in [3.05, 3.63) is 0 Å². The Balaban J connectivity index is 2.87. The number of carbonyl (C=O) groups is 1. The maximum atomic E-state index is 12.3. The lowest BCUT2D eigenvalue weighted by Crippen LogP contribution is -2.55. The number of carboxylic acids is 1. The first-order chi connectivity index (χ1) is 7.32. The van der Waals surface area contributed by atoms with E-state index >= 15 is 0 Å². The number of hydrogen-bond acceptors (Lipinski definition) is 2. The number of hydrogen-bond donors (Lipinski definition) is 1. The molecule has 0 aliphatic heterocycles. The number of rotatable bonds is 4. The molecule has 16 heavy (non-hydrogen) atoms. The molecule has 1 fully saturated rings. The first-order valence-electron chi connectivity index (χ1n) is 5.37. The van der Waals surface area contributed by atoms with Crippen LogP contribution in [0, 0.1) is 0 Å². The predicted octanol–water partition coefficient (Wildman–Crippen LogP) is 2.27. The predicted molar refractivity (Wildman–Crippen MR) is 52.1 cm³/mol. The summed E-state index contributed by atoms with van der Waals surface area (Å²) >= 11 is 0. The molecule has 0 spiro atoms. The summed E-state index contributed by atoms with van der Waals surface area (Å²) in [6, 6.07) is 0. The minimum atomic E-state index is -4.35. The van der Waals surface area contributed by atoms with Crippen LogP contribution in [0.1, 0.15) is 32.6 Å². The van der Waals surface area contributed by atoms with Crippen LogP contribution in [0.3, 0.4) is 0 Å². The smallest absolute Gasteiger partial charge is 0.401 e. The minimum Gasteiger partial charge on any atom is -0.480 e. The molecule has 6 heteroatoms. The highest BCUT2D eigenvalue weighted by atomic mass is 19.4. The second-order valence-corrected chi connectivity index (χ2v) is 4.17. The third kappa shape index (κ3) is 2.66. The van der Waals surface area contributed by atoms with E-state index in [9.17, 15) is 18.0 Å². The molecule has 1 aliphatic rings. The molecule has 0 aromatic heterocycles. The molecule has 94 valence electrons. The van der Waals surface area contributed by atoms with Crippen LogP contribution in [-0.4, -0.2) is 40.8 Å². The number of nitrogens with zero attached hydrogens (tertiary/aromatic N) is 1. The summed E-state index contributed by atoms with van der Waals surface area (Å²) in [5.74, 6) is -1.13. The topological polar surface area (TPSA) is 40.5 Å². The van der Waals surface area contributed by atoms with E-state index in [1.54, 1.807) is 6.92 Å². The Morgan fingerprint density at radius 3 is 2.19 bits per heavy atom. The average Bonchev–Trinajstić information content (AvgIpc) is 2.62. The van der Waals surface area contributed by atoms with Crippen molar-refractivity contribution in [1.82, 2.24) is 4.90 Å². The fraction of sp³-hybridized carbons (Fsp3) is 0.900. The van der Waals surface area contributed by atoms with Crippen LogP contribution in [0.15, 0.2) is 0 Å². The van der Waals surface area contributed by atoms with E-state index in [2.05, 4.69) is 0 Å². The van der Waals surface area contributed by atoms with E-state index in [1.807, 2.05) is 0 Å². The molecule has 0 amide bonds. The van der Waals surface area contributed by atoms with Crippen molar-refractivity contribution in [2.75, 3.05) is 13.1 Å². The lowest BCUT2D eigenvalue weighted by atomic mass is 9.95. The molecule has 0 radical (unpaired) electrons. The van der Waals surface area contributed by atoms with Crippen molar-refractivity contribution < 1.29 is 23.1 Å². The van der Waals surface area contributed by atoms with Gasteiger partial charge in [0.25, 0.3) is 0 Å². The van der Waals surface area contributed by atoms with Gasteiger partial charge in [-0.2, -0.15) is 13.2 Å². The molecular formula is C10H16F3NO2. The normalized spacial score (nSPS) is 20.3. The molecule has 0 saturated heterocycles. The molecule has 1 aliphatic carbocycles. The summed E-state index contributed by atoms with van der Waals surface area (Å²) in [7, 11) is 0. The highest BCUT2D eigenvalue weighted by Gasteiger charge is 2.48. The summed E-state index contributed by atoms with van der Waals surface area (Å²) in [6.45, 7) is 0.524. The van der Waals surface area contributed by atoms with Crippen LogP contribution >= 0.6 is 0 Å². The summed E-state index contributed by atoms with van der Waals surface area (Å²) in [5.41, 5.74) is -1.30. The maximum Gasteiger partial charge on any atom is 0.401 e. The van der Waals surface area contributed by atoms with E-state index in [0.29, 0.717) is 25.7 Å². The molecule has 0 heterocycles. The second kappa shape index (κ2) is 4.61. The SMILES string of the molecule is CCN(CC(F)(F)F)C1(C(=O)O)CCCC1. The van der Waals surface area contributed by atoms with Gasteiger partial charge < -0.3 is 5.11 Å². The Morgan fingerprint density at radius 1 is 1.38 bits per heavy atom. The molecule has 0 unspecified atom stereocenters. The van der Waals surface area contributed by atoms with Crippen molar-refractivity contribution in [2.45, 2.75) is 44.3 Å².